The van der Waals surface area contributed by atoms with E-state index in [9.17, 15) is 5.11 Å². The van der Waals surface area contributed by atoms with Gasteiger partial charge in [-0.15, -0.1) is 0 Å². The summed E-state index contributed by atoms with van der Waals surface area (Å²) in [5.74, 6) is 1.94. The van der Waals surface area contributed by atoms with Crippen LogP contribution < -0.4 is 0 Å². The second-order valence-corrected chi connectivity index (χ2v) is 3.50. The van der Waals surface area contributed by atoms with Crippen LogP contribution in [-0.2, 0) is 0 Å². The molecule has 1 N–H and O–H groups in total. The highest BCUT2D eigenvalue weighted by molar-refractivity contribution is 4.83. The van der Waals surface area contributed by atoms with Crippen molar-refractivity contribution in [1.29, 1.82) is 0 Å². The zero-order valence-electron chi connectivity index (χ0n) is 6.46. The molecule has 1 rings (SSSR count). The first-order chi connectivity index (χ1) is 4.13. The molecule has 0 unspecified atom stereocenters. The van der Waals surface area contributed by atoms with Crippen molar-refractivity contribution in [3.8, 4) is 0 Å². The molecule has 0 amide bonds. The molecule has 9 heavy (non-hydrogen) atoms. The molecule has 4 atom stereocenters. The molecule has 0 spiro atoms. The fourth-order valence-electron chi connectivity index (χ4n) is 1.68. The Morgan fingerprint density at radius 2 is 1.67 bits per heavy atom. The number of hydrogen-bond donors (Lipinski definition) is 1. The van der Waals surface area contributed by atoms with Gasteiger partial charge in [-0.05, 0) is 24.2 Å². The van der Waals surface area contributed by atoms with Crippen molar-refractivity contribution >= 4 is 0 Å². The Balaban J connectivity index is 2.54. The van der Waals surface area contributed by atoms with Crippen LogP contribution in [0.25, 0.3) is 0 Å². The molecular formula is C8H16O. The van der Waals surface area contributed by atoms with Crippen LogP contribution in [0.5, 0.6) is 0 Å². The van der Waals surface area contributed by atoms with E-state index in [1.54, 1.807) is 0 Å². The van der Waals surface area contributed by atoms with Crippen LogP contribution in [0.2, 0.25) is 0 Å². The minimum absolute atomic E-state index is 0.0324. The average Bonchev–Trinajstić information content (AvgIpc) is 1.98. The van der Waals surface area contributed by atoms with Gasteiger partial charge in [0.2, 0.25) is 0 Å². The lowest BCUT2D eigenvalue weighted by molar-refractivity contribution is 0.130. The Bertz CT molecular complexity index is 88.7. The second kappa shape index (κ2) is 2.30. The molecule has 1 heteroatoms. The first kappa shape index (κ1) is 7.07. The van der Waals surface area contributed by atoms with Crippen molar-refractivity contribution in [3.63, 3.8) is 0 Å². The van der Waals surface area contributed by atoms with Crippen molar-refractivity contribution in [1.82, 2.24) is 0 Å². The predicted molar refractivity (Wildman–Crippen MR) is 38.1 cm³/mol. The lowest BCUT2D eigenvalue weighted by Crippen LogP contribution is -2.13. The number of aliphatic hydroxyl groups is 1. The quantitative estimate of drug-likeness (QED) is 0.526. The first-order valence-electron chi connectivity index (χ1n) is 3.81. The van der Waals surface area contributed by atoms with E-state index in [2.05, 4.69) is 20.8 Å². The molecule has 0 aliphatic heterocycles. The summed E-state index contributed by atoms with van der Waals surface area (Å²) in [4.78, 5) is 0. The monoisotopic (exact) mass is 128 g/mol. The highest BCUT2D eigenvalue weighted by Gasteiger charge is 2.33. The maximum atomic E-state index is 9.34. The zero-order chi connectivity index (χ0) is 7.02. The number of hydrogen-bond acceptors (Lipinski definition) is 1. The summed E-state index contributed by atoms with van der Waals surface area (Å²) in [7, 11) is 0. The molecule has 1 fully saturated rings. The Morgan fingerprint density at radius 1 is 1.11 bits per heavy atom. The fourth-order valence-corrected chi connectivity index (χ4v) is 1.68. The Morgan fingerprint density at radius 3 is 1.78 bits per heavy atom. The maximum Gasteiger partial charge on any atom is 0.0571 e. The number of rotatable bonds is 0. The second-order valence-electron chi connectivity index (χ2n) is 3.50. The van der Waals surface area contributed by atoms with E-state index < -0.39 is 0 Å². The summed E-state index contributed by atoms with van der Waals surface area (Å²) in [6.07, 6.45) is 0.970. The van der Waals surface area contributed by atoms with Crippen molar-refractivity contribution in [2.24, 2.45) is 17.8 Å². The van der Waals surface area contributed by atoms with Gasteiger partial charge in [-0.2, -0.15) is 0 Å². The summed E-state index contributed by atoms with van der Waals surface area (Å²) < 4.78 is 0. The third-order valence-corrected chi connectivity index (χ3v) is 2.95. The van der Waals surface area contributed by atoms with E-state index in [1.165, 1.54) is 0 Å². The van der Waals surface area contributed by atoms with Gasteiger partial charge < -0.3 is 5.11 Å². The van der Waals surface area contributed by atoms with Crippen LogP contribution >= 0.6 is 0 Å². The lowest BCUT2D eigenvalue weighted by atomic mass is 9.94. The van der Waals surface area contributed by atoms with Gasteiger partial charge in [-0.1, -0.05) is 20.8 Å². The van der Waals surface area contributed by atoms with Crippen LogP contribution in [-0.4, -0.2) is 11.2 Å². The summed E-state index contributed by atoms with van der Waals surface area (Å²) in [5.41, 5.74) is 0. The molecule has 1 nitrogen and oxygen atoms in total. The van der Waals surface area contributed by atoms with Crippen LogP contribution in [0.15, 0.2) is 0 Å². The van der Waals surface area contributed by atoms with Gasteiger partial charge in [0.15, 0.2) is 0 Å². The van der Waals surface area contributed by atoms with Crippen molar-refractivity contribution in [2.45, 2.75) is 33.3 Å². The summed E-state index contributed by atoms with van der Waals surface area (Å²) in [6.45, 7) is 6.59. The molecule has 0 aromatic heterocycles. The van der Waals surface area contributed by atoms with Crippen LogP contribution in [0, 0.1) is 17.8 Å². The van der Waals surface area contributed by atoms with E-state index in [0.29, 0.717) is 11.8 Å². The molecule has 1 saturated carbocycles. The average molecular weight is 128 g/mol. The molecule has 0 bridgehead atoms. The molecule has 0 aromatic rings. The topological polar surface area (TPSA) is 20.2 Å². The maximum absolute atomic E-state index is 9.34. The van der Waals surface area contributed by atoms with Gasteiger partial charge in [0.05, 0.1) is 6.10 Å². The Kier molecular flexibility index (Phi) is 1.80. The molecule has 0 aromatic carbocycles. The zero-order valence-corrected chi connectivity index (χ0v) is 6.46. The van der Waals surface area contributed by atoms with Crippen molar-refractivity contribution in [2.75, 3.05) is 0 Å². The third-order valence-electron chi connectivity index (χ3n) is 2.95. The first-order valence-corrected chi connectivity index (χ1v) is 3.81. The van der Waals surface area contributed by atoms with Crippen LogP contribution in [0.1, 0.15) is 27.2 Å². The molecule has 0 radical (unpaired) electrons. The molecule has 0 saturated heterocycles. The molecular weight excluding hydrogens is 112 g/mol. The highest BCUT2D eigenvalue weighted by Crippen LogP contribution is 2.35. The smallest absolute Gasteiger partial charge is 0.0571 e. The number of aliphatic hydroxyl groups excluding tert-OH is 1. The van der Waals surface area contributed by atoms with E-state index in [4.69, 9.17) is 0 Å². The van der Waals surface area contributed by atoms with Gasteiger partial charge in [0, 0.05) is 0 Å². The standard InChI is InChI=1S/C8H16O/c1-5-4-8(9)7(3)6(5)2/h5-9H,4H2,1-3H3/t5-,6+,7-,8+/m1/s1. The van der Waals surface area contributed by atoms with E-state index in [0.717, 1.165) is 12.3 Å². The van der Waals surface area contributed by atoms with Crippen LogP contribution in [0.4, 0.5) is 0 Å². The highest BCUT2D eigenvalue weighted by atomic mass is 16.3. The minimum Gasteiger partial charge on any atom is -0.393 e. The Hall–Kier alpha value is -0.0400. The largest absolute Gasteiger partial charge is 0.393 e. The SMILES string of the molecule is C[C@@H]1[C@@H](C)[C@@H](O)C[C@H]1C. The molecule has 0 heterocycles. The van der Waals surface area contributed by atoms with Crippen molar-refractivity contribution in [3.05, 3.63) is 0 Å². The van der Waals surface area contributed by atoms with Gasteiger partial charge in [0.1, 0.15) is 0 Å². The van der Waals surface area contributed by atoms with Gasteiger partial charge in [-0.25, -0.2) is 0 Å². The normalized spacial score (nSPS) is 52.0. The molecule has 1 aliphatic carbocycles. The van der Waals surface area contributed by atoms with E-state index in [1.807, 2.05) is 0 Å². The predicted octanol–water partition coefficient (Wildman–Crippen LogP) is 1.66. The summed E-state index contributed by atoms with van der Waals surface area (Å²) in [5, 5.41) is 9.34. The third kappa shape index (κ3) is 1.11. The summed E-state index contributed by atoms with van der Waals surface area (Å²) >= 11 is 0. The van der Waals surface area contributed by atoms with Gasteiger partial charge >= 0.3 is 0 Å². The minimum atomic E-state index is -0.0324. The molecule has 1 aliphatic rings. The lowest BCUT2D eigenvalue weighted by Gasteiger charge is -2.13. The van der Waals surface area contributed by atoms with Crippen molar-refractivity contribution < 1.29 is 5.11 Å². The fraction of sp³-hybridized carbons (Fsp3) is 1.00. The van der Waals surface area contributed by atoms with Gasteiger partial charge in [0.25, 0.3) is 0 Å². The Labute approximate surface area is 57.1 Å². The summed E-state index contributed by atoms with van der Waals surface area (Å²) in [6, 6.07) is 0. The van der Waals surface area contributed by atoms with E-state index >= 15 is 0 Å². The van der Waals surface area contributed by atoms with Gasteiger partial charge in [-0.3, -0.25) is 0 Å². The van der Waals surface area contributed by atoms with E-state index in [-0.39, 0.29) is 6.10 Å². The van der Waals surface area contributed by atoms with Crippen LogP contribution in [0.3, 0.4) is 0 Å². The molecule has 54 valence electrons.